The zero-order valence-electron chi connectivity index (χ0n) is 11.5. The predicted molar refractivity (Wildman–Crippen MR) is 75.9 cm³/mol. The summed E-state index contributed by atoms with van der Waals surface area (Å²) in [6.45, 7) is 2.18. The number of nitrogens with zero attached hydrogens (tertiary/aromatic N) is 1. The van der Waals surface area contributed by atoms with E-state index in [0.29, 0.717) is 13.0 Å². The number of rotatable bonds is 8. The number of carbonyl (C=O) groups is 3. The molecule has 8 nitrogen and oxygen atoms in total. The lowest BCUT2D eigenvalue weighted by molar-refractivity contribution is -0.143. The Labute approximate surface area is 124 Å². The van der Waals surface area contributed by atoms with Gasteiger partial charge in [0, 0.05) is 24.0 Å². The van der Waals surface area contributed by atoms with Crippen molar-refractivity contribution in [2.45, 2.75) is 38.8 Å². The molecular formula is C12H17N3O5S. The van der Waals surface area contributed by atoms with Crippen molar-refractivity contribution in [3.8, 4) is 0 Å². The van der Waals surface area contributed by atoms with Crippen molar-refractivity contribution in [3.63, 3.8) is 0 Å². The first-order valence-corrected chi connectivity index (χ1v) is 7.14. The smallest absolute Gasteiger partial charge is 0.326 e. The van der Waals surface area contributed by atoms with Crippen LogP contribution in [0.1, 0.15) is 25.0 Å². The van der Waals surface area contributed by atoms with E-state index < -0.39 is 30.2 Å². The van der Waals surface area contributed by atoms with Gasteiger partial charge in [-0.15, -0.1) is 0 Å². The van der Waals surface area contributed by atoms with Crippen molar-refractivity contribution in [2.24, 2.45) is 5.73 Å². The number of aryl methyl sites for hydroxylation is 1. The van der Waals surface area contributed by atoms with Gasteiger partial charge in [0.05, 0.1) is 6.42 Å². The van der Waals surface area contributed by atoms with E-state index in [1.54, 1.807) is 16.9 Å². The molecule has 21 heavy (non-hydrogen) atoms. The van der Waals surface area contributed by atoms with E-state index in [-0.39, 0.29) is 11.3 Å². The fourth-order valence-corrected chi connectivity index (χ4v) is 2.50. The number of aliphatic carboxylic acids is 1. The average molecular weight is 315 g/mol. The molecule has 0 aliphatic heterocycles. The van der Waals surface area contributed by atoms with Crippen molar-refractivity contribution in [1.29, 1.82) is 0 Å². The van der Waals surface area contributed by atoms with Crippen LogP contribution >= 0.6 is 11.3 Å². The summed E-state index contributed by atoms with van der Waals surface area (Å²) in [5.74, 6) is -2.61. The van der Waals surface area contributed by atoms with Gasteiger partial charge in [-0.05, 0) is 13.3 Å². The number of hydrogen-bond acceptors (Lipinski definition) is 5. The first kappa shape index (κ1) is 16.9. The fourth-order valence-electron chi connectivity index (χ4n) is 1.74. The maximum absolute atomic E-state index is 11.6. The van der Waals surface area contributed by atoms with Gasteiger partial charge in [-0.2, -0.15) is 0 Å². The van der Waals surface area contributed by atoms with Gasteiger partial charge in [-0.3, -0.25) is 14.4 Å². The number of carboxylic acids is 1. The molecule has 0 fully saturated rings. The molecule has 2 amide bonds. The Hall–Kier alpha value is -2.16. The van der Waals surface area contributed by atoms with Crippen molar-refractivity contribution in [3.05, 3.63) is 20.7 Å². The van der Waals surface area contributed by atoms with E-state index in [9.17, 15) is 19.2 Å². The highest BCUT2D eigenvalue weighted by atomic mass is 32.1. The van der Waals surface area contributed by atoms with Crippen LogP contribution in [0.25, 0.3) is 0 Å². The van der Waals surface area contributed by atoms with Gasteiger partial charge < -0.3 is 20.7 Å². The lowest BCUT2D eigenvalue weighted by Crippen LogP contribution is -2.43. The summed E-state index contributed by atoms with van der Waals surface area (Å²) in [6.07, 6.45) is 0.000657. The Bertz CT molecular complexity index is 592. The lowest BCUT2D eigenvalue weighted by atomic mass is 10.2. The van der Waals surface area contributed by atoms with Gasteiger partial charge in [-0.1, -0.05) is 11.3 Å². The molecular weight excluding hydrogens is 298 g/mol. The number of thiazole rings is 1. The van der Waals surface area contributed by atoms with E-state index in [0.717, 1.165) is 17.0 Å². The molecule has 0 radical (unpaired) electrons. The lowest BCUT2D eigenvalue weighted by Gasteiger charge is -2.12. The zero-order valence-corrected chi connectivity index (χ0v) is 12.3. The Kier molecular flexibility index (Phi) is 6.10. The second-order valence-electron chi connectivity index (χ2n) is 4.53. The molecule has 1 rings (SSSR count). The molecule has 4 N–H and O–H groups in total. The molecule has 0 bridgehead atoms. The second kappa shape index (κ2) is 7.58. The molecule has 1 aromatic rings. The number of amides is 2. The van der Waals surface area contributed by atoms with Crippen molar-refractivity contribution in [1.82, 2.24) is 9.88 Å². The SMILES string of the molecule is Cc1csc(=O)n1CCCC(=O)N[C@H](CC(N)=O)C(=O)O. The number of nitrogens with one attached hydrogen (secondary N) is 1. The topological polar surface area (TPSA) is 131 Å². The van der Waals surface area contributed by atoms with Gasteiger partial charge in [0.25, 0.3) is 0 Å². The summed E-state index contributed by atoms with van der Waals surface area (Å²) in [6, 6.07) is -1.32. The number of aromatic nitrogens is 1. The van der Waals surface area contributed by atoms with Crippen LogP contribution in [-0.2, 0) is 20.9 Å². The summed E-state index contributed by atoms with van der Waals surface area (Å²) < 4.78 is 1.55. The van der Waals surface area contributed by atoms with Gasteiger partial charge in [0.1, 0.15) is 6.04 Å². The van der Waals surface area contributed by atoms with Crippen LogP contribution < -0.4 is 15.9 Å². The van der Waals surface area contributed by atoms with Gasteiger partial charge >= 0.3 is 10.8 Å². The highest BCUT2D eigenvalue weighted by Gasteiger charge is 2.21. The number of primary amides is 1. The van der Waals surface area contributed by atoms with Gasteiger partial charge in [-0.25, -0.2) is 4.79 Å². The molecule has 1 aromatic heterocycles. The highest BCUT2D eigenvalue weighted by Crippen LogP contribution is 2.03. The molecule has 0 saturated heterocycles. The maximum atomic E-state index is 11.6. The standard InChI is InChI=1S/C12H17N3O5S/c1-7-6-21-12(20)15(7)4-2-3-10(17)14-8(11(18)19)5-9(13)16/h6,8H,2-5H2,1H3,(H2,13,16)(H,14,17)(H,18,19)/t8-/m1/s1. The highest BCUT2D eigenvalue weighted by molar-refractivity contribution is 7.07. The molecule has 0 aliphatic carbocycles. The maximum Gasteiger partial charge on any atom is 0.326 e. The van der Waals surface area contributed by atoms with Gasteiger partial charge in [0.15, 0.2) is 0 Å². The number of carbonyl (C=O) groups excluding carboxylic acids is 2. The van der Waals surface area contributed by atoms with Crippen LogP contribution in [-0.4, -0.2) is 33.5 Å². The van der Waals surface area contributed by atoms with E-state index in [2.05, 4.69) is 5.32 Å². The van der Waals surface area contributed by atoms with Crippen LogP contribution in [0, 0.1) is 6.92 Å². The van der Waals surface area contributed by atoms with E-state index >= 15 is 0 Å². The van der Waals surface area contributed by atoms with E-state index in [1.807, 2.05) is 0 Å². The van der Waals surface area contributed by atoms with Crippen molar-refractivity contribution >= 4 is 29.1 Å². The van der Waals surface area contributed by atoms with Crippen molar-refractivity contribution < 1.29 is 19.5 Å². The summed E-state index contributed by atoms with van der Waals surface area (Å²) in [5, 5.41) is 12.8. The minimum absolute atomic E-state index is 0.0598. The summed E-state index contributed by atoms with van der Waals surface area (Å²) in [4.78, 5) is 44.6. The minimum Gasteiger partial charge on any atom is -0.480 e. The third-order valence-corrected chi connectivity index (χ3v) is 3.68. The number of carboxylic acid groups (broad SMARTS) is 1. The molecule has 0 aromatic carbocycles. The summed E-state index contributed by atoms with van der Waals surface area (Å²) >= 11 is 1.09. The van der Waals surface area contributed by atoms with Crippen LogP contribution in [0.4, 0.5) is 0 Å². The summed E-state index contributed by atoms with van der Waals surface area (Å²) in [5.41, 5.74) is 5.74. The molecule has 1 heterocycles. The van der Waals surface area contributed by atoms with Crippen LogP contribution in [0.2, 0.25) is 0 Å². The van der Waals surface area contributed by atoms with Crippen LogP contribution in [0.15, 0.2) is 10.2 Å². The molecule has 0 saturated carbocycles. The molecule has 9 heteroatoms. The first-order valence-electron chi connectivity index (χ1n) is 6.26. The van der Waals surface area contributed by atoms with Gasteiger partial charge in [0.2, 0.25) is 11.8 Å². The number of nitrogens with two attached hydrogens (primary N) is 1. The monoisotopic (exact) mass is 315 g/mol. The third-order valence-electron chi connectivity index (χ3n) is 2.80. The van der Waals surface area contributed by atoms with Crippen molar-refractivity contribution in [2.75, 3.05) is 0 Å². The predicted octanol–water partition coefficient (Wildman–Crippen LogP) is -0.557. The summed E-state index contributed by atoms with van der Waals surface area (Å²) in [7, 11) is 0. The first-order chi connectivity index (χ1) is 9.81. The molecule has 0 spiro atoms. The normalized spacial score (nSPS) is 11.9. The number of hydrogen-bond donors (Lipinski definition) is 3. The average Bonchev–Trinajstić information content (AvgIpc) is 2.69. The molecule has 0 aliphatic rings. The molecule has 1 atom stereocenters. The Morgan fingerprint density at radius 1 is 1.48 bits per heavy atom. The zero-order chi connectivity index (χ0) is 16.0. The Morgan fingerprint density at radius 2 is 2.14 bits per heavy atom. The fraction of sp³-hybridized carbons (Fsp3) is 0.500. The Morgan fingerprint density at radius 3 is 2.62 bits per heavy atom. The molecule has 116 valence electrons. The van der Waals surface area contributed by atoms with Crippen LogP contribution in [0.3, 0.4) is 0 Å². The van der Waals surface area contributed by atoms with Crippen LogP contribution in [0.5, 0.6) is 0 Å². The second-order valence-corrected chi connectivity index (χ2v) is 5.35. The minimum atomic E-state index is -1.32. The van der Waals surface area contributed by atoms with E-state index in [4.69, 9.17) is 10.8 Å². The van der Waals surface area contributed by atoms with E-state index in [1.165, 1.54) is 0 Å². The Balaban J connectivity index is 2.45. The largest absolute Gasteiger partial charge is 0.480 e. The molecule has 0 unspecified atom stereocenters. The third kappa shape index (κ3) is 5.38. The quantitative estimate of drug-likeness (QED) is 0.592.